The molecule has 0 saturated heterocycles. The summed E-state index contributed by atoms with van der Waals surface area (Å²) in [5.74, 6) is -0.267. The average molecular weight is 294 g/mol. The smallest absolute Gasteiger partial charge is 0.255 e. The van der Waals surface area contributed by atoms with Crippen LogP contribution in [0.4, 0.5) is 11.4 Å². The Morgan fingerprint density at radius 1 is 0.909 bits per heavy atom. The van der Waals surface area contributed by atoms with Crippen molar-refractivity contribution in [3.8, 4) is 0 Å². The second kappa shape index (κ2) is 6.02. The van der Waals surface area contributed by atoms with E-state index in [1.165, 1.54) is 24.5 Å². The molecule has 1 aliphatic carbocycles. The van der Waals surface area contributed by atoms with E-state index in [9.17, 15) is 9.59 Å². The zero-order chi connectivity index (χ0) is 15.5. The van der Waals surface area contributed by atoms with Crippen molar-refractivity contribution in [2.45, 2.75) is 26.2 Å². The van der Waals surface area contributed by atoms with E-state index in [0.29, 0.717) is 16.9 Å². The summed E-state index contributed by atoms with van der Waals surface area (Å²) in [5, 5.41) is 5.57. The van der Waals surface area contributed by atoms with Gasteiger partial charge in [-0.1, -0.05) is 12.1 Å². The van der Waals surface area contributed by atoms with Gasteiger partial charge < -0.3 is 10.6 Å². The second-order valence-corrected chi connectivity index (χ2v) is 5.55. The minimum atomic E-state index is -0.137. The van der Waals surface area contributed by atoms with Gasteiger partial charge in [0.05, 0.1) is 0 Å². The third kappa shape index (κ3) is 3.17. The quantitative estimate of drug-likeness (QED) is 0.911. The predicted molar refractivity (Wildman–Crippen MR) is 87.2 cm³/mol. The number of fused-ring (bicyclic) bond motifs is 1. The van der Waals surface area contributed by atoms with Crippen LogP contribution in [0.5, 0.6) is 0 Å². The Morgan fingerprint density at radius 3 is 2.41 bits per heavy atom. The summed E-state index contributed by atoms with van der Waals surface area (Å²) in [6, 6.07) is 13.0. The summed E-state index contributed by atoms with van der Waals surface area (Å²) < 4.78 is 0. The maximum absolute atomic E-state index is 12.3. The van der Waals surface area contributed by atoms with Crippen molar-refractivity contribution in [3.63, 3.8) is 0 Å². The molecule has 0 aliphatic heterocycles. The number of nitrogens with one attached hydrogen (secondary N) is 2. The van der Waals surface area contributed by atoms with Gasteiger partial charge in [0.2, 0.25) is 5.91 Å². The molecule has 2 aromatic carbocycles. The Bertz CT molecular complexity index is 738. The van der Waals surface area contributed by atoms with Gasteiger partial charge in [-0.15, -0.1) is 0 Å². The number of benzene rings is 2. The molecule has 2 aromatic rings. The lowest BCUT2D eigenvalue weighted by molar-refractivity contribution is -0.114. The van der Waals surface area contributed by atoms with E-state index in [-0.39, 0.29) is 11.8 Å². The molecular weight excluding hydrogens is 276 g/mol. The van der Waals surface area contributed by atoms with Crippen LogP contribution >= 0.6 is 0 Å². The van der Waals surface area contributed by atoms with E-state index < -0.39 is 0 Å². The highest BCUT2D eigenvalue weighted by Gasteiger charge is 2.14. The summed E-state index contributed by atoms with van der Waals surface area (Å²) in [4.78, 5) is 23.4. The molecule has 0 atom stereocenters. The molecule has 0 fully saturated rings. The average Bonchev–Trinajstić information content (AvgIpc) is 2.94. The van der Waals surface area contributed by atoms with Crippen LogP contribution in [-0.2, 0) is 17.6 Å². The molecule has 0 bridgehead atoms. The first-order valence-electron chi connectivity index (χ1n) is 7.42. The number of carbonyl (C=O) groups excluding carboxylic acids is 2. The van der Waals surface area contributed by atoms with Gasteiger partial charge in [0.1, 0.15) is 0 Å². The molecular formula is C18H18N2O2. The zero-order valence-electron chi connectivity index (χ0n) is 12.5. The minimum Gasteiger partial charge on any atom is -0.326 e. The molecule has 4 nitrogen and oxygen atoms in total. The predicted octanol–water partition coefficient (Wildman–Crippen LogP) is 3.39. The third-order valence-electron chi connectivity index (χ3n) is 3.80. The van der Waals surface area contributed by atoms with Gasteiger partial charge in [-0.05, 0) is 60.7 Å². The lowest BCUT2D eigenvalue weighted by atomic mass is 10.1. The fraction of sp³-hybridized carbons (Fsp3) is 0.222. The highest BCUT2D eigenvalue weighted by atomic mass is 16.2. The van der Waals surface area contributed by atoms with Crippen LogP contribution < -0.4 is 10.6 Å². The first-order valence-corrected chi connectivity index (χ1v) is 7.42. The van der Waals surface area contributed by atoms with Gasteiger partial charge in [-0.2, -0.15) is 0 Å². The maximum Gasteiger partial charge on any atom is 0.255 e. The Labute approximate surface area is 129 Å². The zero-order valence-corrected chi connectivity index (χ0v) is 12.5. The van der Waals surface area contributed by atoms with Crippen molar-refractivity contribution >= 4 is 23.2 Å². The van der Waals surface area contributed by atoms with Crippen LogP contribution in [0.3, 0.4) is 0 Å². The molecule has 0 saturated carbocycles. The lowest BCUT2D eigenvalue weighted by Gasteiger charge is -2.09. The molecule has 22 heavy (non-hydrogen) atoms. The van der Waals surface area contributed by atoms with Gasteiger partial charge in [-0.3, -0.25) is 9.59 Å². The number of aryl methyl sites for hydroxylation is 2. The number of carbonyl (C=O) groups is 2. The Hall–Kier alpha value is -2.62. The fourth-order valence-corrected chi connectivity index (χ4v) is 2.79. The van der Waals surface area contributed by atoms with Crippen molar-refractivity contribution in [1.29, 1.82) is 0 Å². The molecule has 0 heterocycles. The minimum absolute atomic E-state index is 0.130. The van der Waals surface area contributed by atoms with Gasteiger partial charge >= 0.3 is 0 Å². The first kappa shape index (κ1) is 14.3. The highest BCUT2D eigenvalue weighted by Crippen LogP contribution is 2.23. The number of rotatable bonds is 3. The van der Waals surface area contributed by atoms with Crippen molar-refractivity contribution in [3.05, 3.63) is 59.2 Å². The standard InChI is InChI=1S/C18H18N2O2/c1-12(21)19-16-6-3-7-17(11-16)20-18(22)15-9-8-13-4-2-5-14(13)10-15/h3,6-11H,2,4-5H2,1H3,(H,19,21)(H,20,22). The van der Waals surface area contributed by atoms with Crippen LogP contribution in [0.15, 0.2) is 42.5 Å². The van der Waals surface area contributed by atoms with E-state index in [2.05, 4.69) is 10.6 Å². The van der Waals surface area contributed by atoms with E-state index in [4.69, 9.17) is 0 Å². The second-order valence-electron chi connectivity index (χ2n) is 5.55. The Balaban J connectivity index is 1.75. The first-order chi connectivity index (χ1) is 10.6. The largest absolute Gasteiger partial charge is 0.326 e. The number of hydrogen-bond acceptors (Lipinski definition) is 2. The van der Waals surface area contributed by atoms with Gasteiger partial charge in [0, 0.05) is 23.9 Å². The molecule has 3 rings (SSSR count). The molecule has 0 radical (unpaired) electrons. The number of hydrogen-bond donors (Lipinski definition) is 2. The molecule has 112 valence electrons. The van der Waals surface area contributed by atoms with E-state index in [1.807, 2.05) is 18.2 Å². The van der Waals surface area contributed by atoms with Crippen LogP contribution in [0.1, 0.15) is 34.8 Å². The van der Waals surface area contributed by atoms with E-state index in [1.54, 1.807) is 24.3 Å². The highest BCUT2D eigenvalue weighted by molar-refractivity contribution is 6.04. The van der Waals surface area contributed by atoms with Crippen molar-refractivity contribution in [2.75, 3.05) is 10.6 Å². The van der Waals surface area contributed by atoms with Crippen LogP contribution in [0.2, 0.25) is 0 Å². The maximum atomic E-state index is 12.3. The molecule has 1 aliphatic rings. The molecule has 0 aromatic heterocycles. The van der Waals surface area contributed by atoms with Crippen LogP contribution in [-0.4, -0.2) is 11.8 Å². The molecule has 2 N–H and O–H groups in total. The Morgan fingerprint density at radius 2 is 1.64 bits per heavy atom. The van der Waals surface area contributed by atoms with Crippen LogP contribution in [0, 0.1) is 0 Å². The van der Waals surface area contributed by atoms with Crippen molar-refractivity contribution < 1.29 is 9.59 Å². The summed E-state index contributed by atoms with van der Waals surface area (Å²) in [6.45, 7) is 1.45. The molecule has 0 unspecified atom stereocenters. The number of anilines is 2. The van der Waals surface area contributed by atoms with Crippen LogP contribution in [0.25, 0.3) is 0 Å². The summed E-state index contributed by atoms with van der Waals surface area (Å²) in [7, 11) is 0. The Kier molecular flexibility index (Phi) is 3.92. The summed E-state index contributed by atoms with van der Waals surface area (Å²) >= 11 is 0. The summed E-state index contributed by atoms with van der Waals surface area (Å²) in [5.41, 5.74) is 4.63. The van der Waals surface area contributed by atoms with E-state index in [0.717, 1.165) is 12.8 Å². The monoisotopic (exact) mass is 294 g/mol. The van der Waals surface area contributed by atoms with Crippen molar-refractivity contribution in [2.24, 2.45) is 0 Å². The molecule has 2 amide bonds. The van der Waals surface area contributed by atoms with Gasteiger partial charge in [0.15, 0.2) is 0 Å². The fourth-order valence-electron chi connectivity index (χ4n) is 2.79. The van der Waals surface area contributed by atoms with Gasteiger partial charge in [-0.25, -0.2) is 0 Å². The SMILES string of the molecule is CC(=O)Nc1cccc(NC(=O)c2ccc3c(c2)CCC3)c1. The molecule has 0 spiro atoms. The van der Waals surface area contributed by atoms with Gasteiger partial charge in [0.25, 0.3) is 5.91 Å². The summed E-state index contributed by atoms with van der Waals surface area (Å²) in [6.07, 6.45) is 3.32. The molecule has 4 heteroatoms. The van der Waals surface area contributed by atoms with E-state index >= 15 is 0 Å². The third-order valence-corrected chi connectivity index (χ3v) is 3.80. The van der Waals surface area contributed by atoms with Crippen molar-refractivity contribution in [1.82, 2.24) is 0 Å². The normalized spacial score (nSPS) is 12.6. The number of amides is 2. The topological polar surface area (TPSA) is 58.2 Å². The lowest BCUT2D eigenvalue weighted by Crippen LogP contribution is -2.13.